The maximum absolute atomic E-state index is 11.1. The first-order valence-electron chi connectivity index (χ1n) is 6.24. The monoisotopic (exact) mass is 303 g/mol. The van der Waals surface area contributed by atoms with Gasteiger partial charge in [-0.3, -0.25) is 10.1 Å². The summed E-state index contributed by atoms with van der Waals surface area (Å²) < 4.78 is 15.2. The Bertz CT molecular complexity index is 662. The summed E-state index contributed by atoms with van der Waals surface area (Å²) in [5, 5.41) is 2.42. The van der Waals surface area contributed by atoms with Gasteiger partial charge in [0.15, 0.2) is 12.0 Å². The van der Waals surface area contributed by atoms with Crippen LogP contribution in [0.15, 0.2) is 36.5 Å². The van der Waals surface area contributed by atoms with Crippen LogP contribution in [-0.2, 0) is 9.53 Å². The first-order valence-corrected chi connectivity index (χ1v) is 6.24. The number of hydrogen-bond donors (Lipinski definition) is 1. The lowest BCUT2D eigenvalue weighted by Crippen LogP contribution is -2.12. The van der Waals surface area contributed by atoms with E-state index < -0.39 is 6.09 Å². The smallest absolute Gasteiger partial charge is 0.412 e. The van der Waals surface area contributed by atoms with Crippen LogP contribution in [0.3, 0.4) is 0 Å². The van der Waals surface area contributed by atoms with Crippen LogP contribution >= 0.6 is 0 Å². The van der Waals surface area contributed by atoms with Gasteiger partial charge in [-0.25, -0.2) is 9.78 Å². The highest BCUT2D eigenvalue weighted by atomic mass is 16.5. The summed E-state index contributed by atoms with van der Waals surface area (Å²) in [7, 11) is 1.25. The average molecular weight is 303 g/mol. The largest absolute Gasteiger partial charge is 0.467 e. The molecule has 0 aliphatic carbocycles. The van der Waals surface area contributed by atoms with E-state index >= 15 is 0 Å². The average Bonchev–Trinajstić information content (AvgIpc) is 2.54. The fraction of sp³-hybridized carbons (Fsp3) is 0.143. The van der Waals surface area contributed by atoms with Crippen molar-refractivity contribution in [3.63, 3.8) is 0 Å². The third kappa shape index (κ3) is 4.17. The molecule has 0 atom stereocenters. The van der Waals surface area contributed by atoms with Crippen LogP contribution in [0.2, 0.25) is 0 Å². The highest BCUT2D eigenvalue weighted by molar-refractivity contribution is 5.83. The molecule has 0 radical (unpaired) electrons. The molecule has 0 spiro atoms. The minimum atomic E-state index is -0.638. The van der Waals surface area contributed by atoms with E-state index in [1.807, 2.05) is 0 Å². The van der Waals surface area contributed by atoms with Crippen molar-refractivity contribution in [2.75, 3.05) is 19.0 Å². The molecule has 8 nitrogen and oxygen atoms in total. The molecule has 2 heterocycles. The predicted octanol–water partition coefficient (Wildman–Crippen LogP) is 2.02. The molecule has 22 heavy (non-hydrogen) atoms. The lowest BCUT2D eigenvalue weighted by atomic mass is 10.4. The summed E-state index contributed by atoms with van der Waals surface area (Å²) in [4.78, 5) is 29.6. The molecule has 2 rings (SSSR count). The normalized spacial score (nSPS) is 9.68. The number of pyridine rings is 2. The van der Waals surface area contributed by atoms with Gasteiger partial charge in [0.2, 0.25) is 5.88 Å². The molecule has 2 aromatic rings. The van der Waals surface area contributed by atoms with Crippen LogP contribution in [0.4, 0.5) is 10.6 Å². The Kier molecular flexibility index (Phi) is 5.25. The standard InChI is InChI=1S/C14H13N3O5/c1-20-14(19)17-11-5-2-6-12(16-11)22-10-4-3-7-15-13(10)21-9-8-18/h2-8H,9H2,1H3,(H,16,17,19). The van der Waals surface area contributed by atoms with Crippen LogP contribution in [0.1, 0.15) is 0 Å². The molecule has 114 valence electrons. The molecule has 8 heteroatoms. The van der Waals surface area contributed by atoms with Gasteiger partial charge in [0.05, 0.1) is 7.11 Å². The van der Waals surface area contributed by atoms with E-state index in [0.717, 1.165) is 0 Å². The maximum atomic E-state index is 11.1. The molecule has 0 aliphatic heterocycles. The van der Waals surface area contributed by atoms with Crippen LogP contribution in [-0.4, -0.2) is 36.1 Å². The zero-order valence-electron chi connectivity index (χ0n) is 11.7. The Labute approximate surface area is 126 Å². The molecule has 1 N–H and O–H groups in total. The number of anilines is 1. The lowest BCUT2D eigenvalue weighted by Gasteiger charge is -2.10. The van der Waals surface area contributed by atoms with Crippen molar-refractivity contribution >= 4 is 18.2 Å². The van der Waals surface area contributed by atoms with Gasteiger partial charge in [0, 0.05) is 12.3 Å². The minimum Gasteiger partial charge on any atom is -0.467 e. The minimum absolute atomic E-state index is 0.134. The van der Waals surface area contributed by atoms with E-state index in [1.54, 1.807) is 30.3 Å². The summed E-state index contributed by atoms with van der Waals surface area (Å²) in [5.74, 6) is 0.955. The number of methoxy groups -OCH3 is 1. The third-order valence-electron chi connectivity index (χ3n) is 2.38. The summed E-state index contributed by atoms with van der Waals surface area (Å²) in [6.07, 6.45) is 1.48. The summed E-state index contributed by atoms with van der Waals surface area (Å²) in [5.41, 5.74) is 0. The molecule has 0 aliphatic rings. The van der Waals surface area contributed by atoms with E-state index in [-0.39, 0.29) is 24.2 Å². The predicted molar refractivity (Wildman–Crippen MR) is 76.1 cm³/mol. The van der Waals surface area contributed by atoms with E-state index in [0.29, 0.717) is 12.0 Å². The summed E-state index contributed by atoms with van der Waals surface area (Å²) in [6.45, 7) is -0.134. The van der Waals surface area contributed by atoms with Crippen molar-refractivity contribution in [1.29, 1.82) is 0 Å². The van der Waals surface area contributed by atoms with Gasteiger partial charge >= 0.3 is 6.09 Å². The highest BCUT2D eigenvalue weighted by Crippen LogP contribution is 2.28. The van der Waals surface area contributed by atoms with Gasteiger partial charge in [0.25, 0.3) is 5.88 Å². The van der Waals surface area contributed by atoms with Gasteiger partial charge in [-0.05, 0) is 18.2 Å². The molecule has 0 bridgehead atoms. The molecule has 0 unspecified atom stereocenters. The Morgan fingerprint density at radius 1 is 1.32 bits per heavy atom. The number of aldehydes is 1. The Hall–Kier alpha value is -3.16. The fourth-order valence-electron chi connectivity index (χ4n) is 1.48. The number of carbonyl (C=O) groups is 2. The van der Waals surface area contributed by atoms with Crippen LogP contribution in [0.5, 0.6) is 17.5 Å². The van der Waals surface area contributed by atoms with Gasteiger partial charge in [0.1, 0.15) is 12.4 Å². The van der Waals surface area contributed by atoms with Crippen molar-refractivity contribution in [3.8, 4) is 17.5 Å². The second kappa shape index (κ2) is 7.58. The third-order valence-corrected chi connectivity index (χ3v) is 2.38. The van der Waals surface area contributed by atoms with Gasteiger partial charge in [-0.2, -0.15) is 4.98 Å². The SMILES string of the molecule is COC(=O)Nc1cccc(Oc2cccnc2OCC=O)n1. The second-order valence-electron chi connectivity index (χ2n) is 3.86. The number of amides is 1. The summed E-state index contributed by atoms with van der Waals surface area (Å²) >= 11 is 0. The molecule has 0 fully saturated rings. The van der Waals surface area contributed by atoms with Gasteiger partial charge in [-0.15, -0.1) is 0 Å². The van der Waals surface area contributed by atoms with E-state index in [1.165, 1.54) is 13.3 Å². The Balaban J connectivity index is 2.15. The fourth-order valence-corrected chi connectivity index (χ4v) is 1.48. The van der Waals surface area contributed by atoms with E-state index in [2.05, 4.69) is 20.0 Å². The van der Waals surface area contributed by atoms with Gasteiger partial charge in [-0.1, -0.05) is 6.07 Å². The molecule has 1 amide bonds. The van der Waals surface area contributed by atoms with Crippen molar-refractivity contribution in [3.05, 3.63) is 36.5 Å². The van der Waals surface area contributed by atoms with Crippen molar-refractivity contribution in [1.82, 2.24) is 9.97 Å². The highest BCUT2D eigenvalue weighted by Gasteiger charge is 2.09. The topological polar surface area (TPSA) is 99.6 Å². The number of hydrogen-bond acceptors (Lipinski definition) is 7. The molecular weight excluding hydrogens is 290 g/mol. The zero-order chi connectivity index (χ0) is 15.8. The van der Waals surface area contributed by atoms with Crippen molar-refractivity contribution in [2.45, 2.75) is 0 Å². The number of nitrogens with zero attached hydrogens (tertiary/aromatic N) is 2. The zero-order valence-corrected chi connectivity index (χ0v) is 11.7. The maximum Gasteiger partial charge on any atom is 0.412 e. The number of rotatable bonds is 6. The molecule has 0 saturated carbocycles. The first-order chi connectivity index (χ1) is 10.7. The van der Waals surface area contributed by atoms with Crippen LogP contribution in [0.25, 0.3) is 0 Å². The van der Waals surface area contributed by atoms with Crippen LogP contribution in [0, 0.1) is 0 Å². The van der Waals surface area contributed by atoms with Crippen molar-refractivity contribution in [2.24, 2.45) is 0 Å². The van der Waals surface area contributed by atoms with Crippen LogP contribution < -0.4 is 14.8 Å². The summed E-state index contributed by atoms with van der Waals surface area (Å²) in [6, 6.07) is 8.10. The molecule has 2 aromatic heterocycles. The molecule has 0 aromatic carbocycles. The first kappa shape index (κ1) is 15.2. The van der Waals surface area contributed by atoms with Crippen molar-refractivity contribution < 1.29 is 23.8 Å². The molecular formula is C14H13N3O5. The molecule has 0 saturated heterocycles. The number of aromatic nitrogens is 2. The quantitative estimate of drug-likeness (QED) is 0.815. The van der Waals surface area contributed by atoms with E-state index in [4.69, 9.17) is 9.47 Å². The number of carbonyl (C=O) groups excluding carboxylic acids is 2. The Morgan fingerprint density at radius 2 is 2.18 bits per heavy atom. The Morgan fingerprint density at radius 3 is 2.95 bits per heavy atom. The number of ether oxygens (including phenoxy) is 3. The van der Waals surface area contributed by atoms with E-state index in [9.17, 15) is 9.59 Å². The van der Waals surface area contributed by atoms with Gasteiger partial charge < -0.3 is 14.2 Å². The lowest BCUT2D eigenvalue weighted by molar-refractivity contribution is -0.109. The number of nitrogens with one attached hydrogen (secondary N) is 1. The second-order valence-corrected chi connectivity index (χ2v) is 3.86.